The molecule has 0 aromatic rings. The summed E-state index contributed by atoms with van der Waals surface area (Å²) in [7, 11) is 0. The summed E-state index contributed by atoms with van der Waals surface area (Å²) in [6, 6.07) is -0.0948. The van der Waals surface area contributed by atoms with Crippen LogP contribution in [0, 0.1) is 5.92 Å². The second kappa shape index (κ2) is 7.95. The number of aliphatic hydroxyl groups is 1. The number of hydrogen-bond donors (Lipinski definition) is 3. The van der Waals surface area contributed by atoms with Crippen molar-refractivity contribution in [3.05, 3.63) is 0 Å². The normalized spacial score (nSPS) is 22.5. The van der Waals surface area contributed by atoms with Gasteiger partial charge in [0.25, 0.3) is 0 Å². The lowest BCUT2D eigenvalue weighted by atomic mass is 9.96. The smallest absolute Gasteiger partial charge is 0.238 e. The van der Waals surface area contributed by atoms with E-state index in [-0.39, 0.29) is 17.9 Å². The van der Waals surface area contributed by atoms with Crippen molar-refractivity contribution < 1.29 is 9.90 Å². The number of aliphatic hydroxyl groups excluding tert-OH is 1. The van der Waals surface area contributed by atoms with Gasteiger partial charge in [0.2, 0.25) is 5.91 Å². The Kier molecular flexibility index (Phi) is 6.92. The monoisotopic (exact) mass is 260 g/mol. The summed E-state index contributed by atoms with van der Waals surface area (Å²) in [5, 5.41) is 15.9. The van der Waals surface area contributed by atoms with Gasteiger partial charge >= 0.3 is 0 Å². The molecule has 1 fully saturated rings. The van der Waals surface area contributed by atoms with Crippen molar-refractivity contribution in [3.8, 4) is 0 Å². The Balaban J connectivity index is 2.26. The van der Waals surface area contributed by atoms with Gasteiger partial charge in [-0.3, -0.25) is 4.79 Å². The van der Waals surface area contributed by atoms with Crippen LogP contribution >= 0.6 is 11.8 Å². The molecule has 0 radical (unpaired) electrons. The van der Waals surface area contributed by atoms with Crippen LogP contribution in [0.1, 0.15) is 26.7 Å². The molecule has 5 heteroatoms. The molecule has 0 aromatic heterocycles. The van der Waals surface area contributed by atoms with Gasteiger partial charge in [0, 0.05) is 24.6 Å². The van der Waals surface area contributed by atoms with E-state index >= 15 is 0 Å². The van der Waals surface area contributed by atoms with Gasteiger partial charge in [-0.25, -0.2) is 0 Å². The molecule has 0 bridgehead atoms. The predicted octanol–water partition coefficient (Wildman–Crippen LogP) is 0.605. The molecule has 0 aliphatic carbocycles. The van der Waals surface area contributed by atoms with E-state index in [1.165, 1.54) is 0 Å². The Morgan fingerprint density at radius 2 is 2.24 bits per heavy atom. The fraction of sp³-hybridized carbons (Fsp3) is 0.917. The van der Waals surface area contributed by atoms with Crippen LogP contribution in [0.4, 0.5) is 0 Å². The molecule has 2 atom stereocenters. The number of hydrogen-bond acceptors (Lipinski definition) is 4. The molecule has 1 aliphatic heterocycles. The van der Waals surface area contributed by atoms with Gasteiger partial charge in [-0.2, -0.15) is 11.8 Å². The third kappa shape index (κ3) is 4.85. The zero-order chi connectivity index (χ0) is 12.7. The van der Waals surface area contributed by atoms with Gasteiger partial charge in [0.15, 0.2) is 0 Å². The van der Waals surface area contributed by atoms with Crippen molar-refractivity contribution >= 4 is 17.7 Å². The molecule has 0 saturated carbocycles. The molecule has 1 amide bonds. The van der Waals surface area contributed by atoms with Crippen molar-refractivity contribution in [1.82, 2.24) is 10.6 Å². The zero-order valence-electron chi connectivity index (χ0n) is 10.7. The molecular weight excluding hydrogens is 236 g/mol. The van der Waals surface area contributed by atoms with Crippen molar-refractivity contribution in [2.75, 3.05) is 24.6 Å². The quantitative estimate of drug-likeness (QED) is 0.655. The molecule has 0 spiro atoms. The van der Waals surface area contributed by atoms with Crippen LogP contribution in [0.5, 0.6) is 0 Å². The molecule has 1 aliphatic rings. The molecule has 0 aromatic carbocycles. The molecule has 1 rings (SSSR count). The Morgan fingerprint density at radius 1 is 1.53 bits per heavy atom. The topological polar surface area (TPSA) is 61.4 Å². The Labute approximate surface area is 108 Å². The Bertz CT molecular complexity index is 229. The molecule has 4 nitrogen and oxygen atoms in total. The maximum Gasteiger partial charge on any atom is 0.238 e. The molecule has 3 N–H and O–H groups in total. The first-order valence-electron chi connectivity index (χ1n) is 6.45. The number of thioether (sulfide) groups is 1. The van der Waals surface area contributed by atoms with E-state index in [1.807, 2.05) is 0 Å². The average Bonchev–Trinajstić information content (AvgIpc) is 2.38. The maximum absolute atomic E-state index is 11.8. The molecule has 17 heavy (non-hydrogen) atoms. The standard InChI is InChI=1S/C12H24N2O2S/c1-3-9(4-2)11(15)7-14-12(16)10-8-17-6-5-13-10/h9-11,13,15H,3-8H2,1-2H3,(H,14,16). The van der Waals surface area contributed by atoms with E-state index in [0.717, 1.165) is 30.9 Å². The van der Waals surface area contributed by atoms with Gasteiger partial charge in [-0.1, -0.05) is 26.7 Å². The van der Waals surface area contributed by atoms with Crippen molar-refractivity contribution in [2.24, 2.45) is 5.92 Å². The van der Waals surface area contributed by atoms with Crippen LogP contribution in [-0.4, -0.2) is 47.8 Å². The van der Waals surface area contributed by atoms with Gasteiger partial charge in [0.1, 0.15) is 0 Å². The predicted molar refractivity (Wildman–Crippen MR) is 72.2 cm³/mol. The molecule has 1 saturated heterocycles. The highest BCUT2D eigenvalue weighted by Crippen LogP contribution is 2.12. The highest BCUT2D eigenvalue weighted by molar-refractivity contribution is 7.99. The minimum absolute atomic E-state index is 0.0159. The van der Waals surface area contributed by atoms with Crippen molar-refractivity contribution in [2.45, 2.75) is 38.8 Å². The molecular formula is C12H24N2O2S. The van der Waals surface area contributed by atoms with E-state index in [9.17, 15) is 9.90 Å². The summed E-state index contributed by atoms with van der Waals surface area (Å²) in [5.74, 6) is 2.19. The zero-order valence-corrected chi connectivity index (χ0v) is 11.6. The third-order valence-corrected chi connectivity index (χ3v) is 4.38. The first kappa shape index (κ1) is 14.8. The number of amides is 1. The van der Waals surface area contributed by atoms with Crippen LogP contribution < -0.4 is 10.6 Å². The number of rotatable bonds is 6. The summed E-state index contributed by atoms with van der Waals surface area (Å²) >= 11 is 1.80. The lowest BCUT2D eigenvalue weighted by Crippen LogP contribution is -2.50. The minimum atomic E-state index is -0.426. The largest absolute Gasteiger partial charge is 0.391 e. The van der Waals surface area contributed by atoms with Crippen LogP contribution in [0.3, 0.4) is 0 Å². The van der Waals surface area contributed by atoms with Gasteiger partial charge in [-0.15, -0.1) is 0 Å². The first-order chi connectivity index (χ1) is 8.19. The summed E-state index contributed by atoms with van der Waals surface area (Å²) in [4.78, 5) is 11.8. The average molecular weight is 260 g/mol. The summed E-state index contributed by atoms with van der Waals surface area (Å²) in [5.41, 5.74) is 0. The van der Waals surface area contributed by atoms with Crippen LogP contribution in [-0.2, 0) is 4.79 Å². The summed E-state index contributed by atoms with van der Waals surface area (Å²) in [6.07, 6.45) is 1.47. The number of carbonyl (C=O) groups excluding carboxylic acids is 1. The maximum atomic E-state index is 11.8. The van der Waals surface area contributed by atoms with E-state index in [1.54, 1.807) is 11.8 Å². The highest BCUT2D eigenvalue weighted by atomic mass is 32.2. The van der Waals surface area contributed by atoms with Crippen molar-refractivity contribution in [3.63, 3.8) is 0 Å². The fourth-order valence-corrected chi connectivity index (χ4v) is 3.00. The fourth-order valence-electron chi connectivity index (χ4n) is 2.06. The Hall–Kier alpha value is -0.260. The third-order valence-electron chi connectivity index (χ3n) is 3.32. The van der Waals surface area contributed by atoms with Gasteiger partial charge in [-0.05, 0) is 5.92 Å². The van der Waals surface area contributed by atoms with Gasteiger partial charge in [0.05, 0.1) is 12.1 Å². The van der Waals surface area contributed by atoms with E-state index in [2.05, 4.69) is 24.5 Å². The van der Waals surface area contributed by atoms with Crippen molar-refractivity contribution in [1.29, 1.82) is 0 Å². The van der Waals surface area contributed by atoms with Crippen LogP contribution in [0.2, 0.25) is 0 Å². The summed E-state index contributed by atoms with van der Waals surface area (Å²) in [6.45, 7) is 5.39. The minimum Gasteiger partial charge on any atom is -0.391 e. The molecule has 2 unspecified atom stereocenters. The number of carbonyl (C=O) groups is 1. The van der Waals surface area contributed by atoms with E-state index in [0.29, 0.717) is 6.54 Å². The van der Waals surface area contributed by atoms with E-state index in [4.69, 9.17) is 0 Å². The lowest BCUT2D eigenvalue weighted by Gasteiger charge is -2.24. The Morgan fingerprint density at radius 3 is 2.76 bits per heavy atom. The number of nitrogens with one attached hydrogen (secondary N) is 2. The lowest BCUT2D eigenvalue weighted by molar-refractivity contribution is -0.123. The van der Waals surface area contributed by atoms with Gasteiger partial charge < -0.3 is 15.7 Å². The first-order valence-corrected chi connectivity index (χ1v) is 7.61. The highest BCUT2D eigenvalue weighted by Gasteiger charge is 2.22. The van der Waals surface area contributed by atoms with Crippen LogP contribution in [0.25, 0.3) is 0 Å². The SMILES string of the molecule is CCC(CC)C(O)CNC(=O)C1CSCCN1. The molecule has 1 heterocycles. The second-order valence-electron chi connectivity index (χ2n) is 4.47. The van der Waals surface area contributed by atoms with E-state index < -0.39 is 6.10 Å². The van der Waals surface area contributed by atoms with Crippen LogP contribution in [0.15, 0.2) is 0 Å². The second-order valence-corrected chi connectivity index (χ2v) is 5.62. The summed E-state index contributed by atoms with van der Waals surface area (Å²) < 4.78 is 0. The molecule has 100 valence electrons.